The van der Waals surface area contributed by atoms with E-state index in [1.54, 1.807) is 61.7 Å². The Morgan fingerprint density at radius 2 is 1.68 bits per heavy atom. The number of hydrogen-bond donors (Lipinski definition) is 2. The van der Waals surface area contributed by atoms with Crippen LogP contribution in [-0.4, -0.2) is 46.4 Å². The van der Waals surface area contributed by atoms with Crippen LogP contribution in [0.2, 0.25) is 0 Å². The highest BCUT2D eigenvalue weighted by molar-refractivity contribution is 6.16. The average Bonchev–Trinajstić information content (AvgIpc) is 3.03. The van der Waals surface area contributed by atoms with Gasteiger partial charge in [-0.1, -0.05) is 48.9 Å². The van der Waals surface area contributed by atoms with Gasteiger partial charge in [-0.25, -0.2) is 0 Å². The zero-order valence-corrected chi connectivity index (χ0v) is 17.3. The van der Waals surface area contributed by atoms with E-state index >= 15 is 0 Å². The topological polar surface area (TPSA) is 104 Å². The molecule has 1 amide bonds. The largest absolute Gasteiger partial charge is 0.503 e. The normalized spacial score (nSPS) is 16.0. The van der Waals surface area contributed by atoms with Crippen molar-refractivity contribution in [1.82, 2.24) is 4.90 Å². The number of aliphatic hydroxyl groups is 1. The molecule has 7 heteroatoms. The first kappa shape index (κ1) is 22.1. The van der Waals surface area contributed by atoms with Gasteiger partial charge in [-0.05, 0) is 30.5 Å². The lowest BCUT2D eigenvalue weighted by atomic mass is 9.92. The molecule has 0 radical (unpaired) electrons. The van der Waals surface area contributed by atoms with Crippen molar-refractivity contribution in [3.63, 3.8) is 0 Å². The fraction of sp³-hybridized carbons (Fsp3) is 0.292. The number of rotatable bonds is 10. The van der Waals surface area contributed by atoms with Gasteiger partial charge in [0.15, 0.2) is 11.5 Å². The van der Waals surface area contributed by atoms with Gasteiger partial charge >= 0.3 is 5.97 Å². The number of methoxy groups -OCH3 is 1. The summed E-state index contributed by atoms with van der Waals surface area (Å²) < 4.78 is 5.20. The van der Waals surface area contributed by atoms with Crippen LogP contribution in [0.15, 0.2) is 65.9 Å². The van der Waals surface area contributed by atoms with Crippen molar-refractivity contribution in [3.8, 4) is 5.75 Å². The number of ether oxygens (including phenoxy) is 1. The number of nitrogens with zero attached hydrogens (tertiary/aromatic N) is 1. The molecule has 2 N–H and O–H groups in total. The number of carbonyl (C=O) groups is 3. The summed E-state index contributed by atoms with van der Waals surface area (Å²) in [5.74, 6) is -1.76. The van der Waals surface area contributed by atoms with E-state index in [0.717, 1.165) is 0 Å². The van der Waals surface area contributed by atoms with Crippen LogP contribution in [0.3, 0.4) is 0 Å². The molecule has 1 aliphatic rings. The van der Waals surface area contributed by atoms with Crippen LogP contribution >= 0.6 is 0 Å². The molecule has 0 fully saturated rings. The zero-order chi connectivity index (χ0) is 22.4. The van der Waals surface area contributed by atoms with E-state index in [0.29, 0.717) is 42.7 Å². The maximum Gasteiger partial charge on any atom is 0.303 e. The molecule has 0 bridgehead atoms. The summed E-state index contributed by atoms with van der Waals surface area (Å²) >= 11 is 0. The van der Waals surface area contributed by atoms with Crippen LogP contribution in [0, 0.1) is 0 Å². The highest BCUT2D eigenvalue weighted by Gasteiger charge is 2.43. The highest BCUT2D eigenvalue weighted by atomic mass is 16.5. The number of amides is 1. The van der Waals surface area contributed by atoms with Crippen molar-refractivity contribution >= 4 is 17.7 Å². The average molecular weight is 423 g/mol. The van der Waals surface area contributed by atoms with Gasteiger partial charge in [0, 0.05) is 18.5 Å². The number of unbranched alkanes of at least 4 members (excludes halogenated alkanes) is 2. The second-order valence-electron chi connectivity index (χ2n) is 7.34. The number of carboxylic acids is 1. The van der Waals surface area contributed by atoms with Gasteiger partial charge < -0.3 is 19.8 Å². The van der Waals surface area contributed by atoms with E-state index in [2.05, 4.69) is 0 Å². The third kappa shape index (κ3) is 4.94. The molecule has 0 aliphatic carbocycles. The van der Waals surface area contributed by atoms with Crippen LogP contribution in [0.4, 0.5) is 0 Å². The number of carbonyl (C=O) groups excluding carboxylic acids is 2. The summed E-state index contributed by atoms with van der Waals surface area (Å²) in [5, 5.41) is 19.4. The molecule has 2 aromatic carbocycles. The molecule has 0 spiro atoms. The zero-order valence-electron chi connectivity index (χ0n) is 17.3. The summed E-state index contributed by atoms with van der Waals surface area (Å²) in [5.41, 5.74) is 1.12. The minimum Gasteiger partial charge on any atom is -0.503 e. The molecule has 162 valence electrons. The predicted octanol–water partition coefficient (Wildman–Crippen LogP) is 3.92. The second-order valence-corrected chi connectivity index (χ2v) is 7.34. The number of aliphatic hydroxyl groups excluding tert-OH is 1. The standard InChI is InChI=1S/C24H25NO6/c1-31-18-13-11-16(12-14-18)21-20(22(28)17-8-4-2-5-9-17)23(29)24(30)25(21)15-7-3-6-10-19(26)27/h2,4-5,8-9,11-14,21,29H,3,6-7,10,15H2,1H3,(H,26,27). The van der Waals surface area contributed by atoms with Crippen LogP contribution in [-0.2, 0) is 9.59 Å². The molecule has 0 saturated carbocycles. The lowest BCUT2D eigenvalue weighted by Gasteiger charge is -2.27. The lowest BCUT2D eigenvalue weighted by Crippen LogP contribution is -2.32. The van der Waals surface area contributed by atoms with Gasteiger partial charge in [-0.15, -0.1) is 0 Å². The first-order chi connectivity index (χ1) is 14.9. The quantitative estimate of drug-likeness (QED) is 0.443. The number of Topliss-reactive ketones (excluding diaryl/α,β-unsaturated/α-hetero) is 1. The van der Waals surface area contributed by atoms with E-state index in [1.165, 1.54) is 4.90 Å². The van der Waals surface area contributed by atoms with E-state index in [-0.39, 0.29) is 12.0 Å². The molecule has 7 nitrogen and oxygen atoms in total. The predicted molar refractivity (Wildman–Crippen MR) is 114 cm³/mol. The molecule has 2 aromatic rings. The SMILES string of the molecule is COc1ccc(C2C(C(=O)c3ccccc3)=C(O)C(=O)N2CCCCCC(=O)O)cc1. The van der Waals surface area contributed by atoms with Crippen molar-refractivity contribution in [2.45, 2.75) is 31.7 Å². The highest BCUT2D eigenvalue weighted by Crippen LogP contribution is 2.39. The van der Waals surface area contributed by atoms with Gasteiger partial charge in [0.05, 0.1) is 18.7 Å². The summed E-state index contributed by atoms with van der Waals surface area (Å²) in [6.07, 6.45) is 1.75. The van der Waals surface area contributed by atoms with E-state index in [9.17, 15) is 19.5 Å². The second kappa shape index (κ2) is 9.93. The Bertz CT molecular complexity index is 981. The van der Waals surface area contributed by atoms with Crippen LogP contribution in [0.1, 0.15) is 47.6 Å². The monoisotopic (exact) mass is 423 g/mol. The van der Waals surface area contributed by atoms with Gasteiger partial charge in [-0.2, -0.15) is 0 Å². The third-order valence-corrected chi connectivity index (χ3v) is 5.31. The number of carboxylic acid groups (broad SMARTS) is 1. The Labute approximate surface area is 180 Å². The van der Waals surface area contributed by atoms with Crippen LogP contribution in [0.25, 0.3) is 0 Å². The van der Waals surface area contributed by atoms with Gasteiger partial charge in [0.2, 0.25) is 0 Å². The van der Waals surface area contributed by atoms with Gasteiger partial charge in [-0.3, -0.25) is 14.4 Å². The molecule has 1 unspecified atom stereocenters. The number of benzene rings is 2. The van der Waals surface area contributed by atoms with Crippen LogP contribution < -0.4 is 4.74 Å². The van der Waals surface area contributed by atoms with Crippen molar-refractivity contribution in [3.05, 3.63) is 77.1 Å². The molecule has 1 atom stereocenters. The molecular formula is C24H25NO6. The molecule has 31 heavy (non-hydrogen) atoms. The van der Waals surface area contributed by atoms with E-state index in [4.69, 9.17) is 9.84 Å². The Balaban J connectivity index is 1.90. The molecule has 1 heterocycles. The van der Waals surface area contributed by atoms with Crippen molar-refractivity contribution in [1.29, 1.82) is 0 Å². The Kier molecular flexibility index (Phi) is 7.07. The van der Waals surface area contributed by atoms with Crippen molar-refractivity contribution < 1.29 is 29.3 Å². The molecule has 1 aliphatic heterocycles. The smallest absolute Gasteiger partial charge is 0.303 e. The molecule has 0 saturated heterocycles. The van der Waals surface area contributed by atoms with Crippen molar-refractivity contribution in [2.75, 3.05) is 13.7 Å². The number of ketones is 1. The summed E-state index contributed by atoms with van der Waals surface area (Å²) in [6.45, 7) is 0.296. The maximum absolute atomic E-state index is 13.2. The summed E-state index contributed by atoms with van der Waals surface area (Å²) in [4.78, 5) is 38.3. The summed E-state index contributed by atoms with van der Waals surface area (Å²) in [6, 6.07) is 14.8. The van der Waals surface area contributed by atoms with Gasteiger partial charge in [0.25, 0.3) is 5.91 Å². The van der Waals surface area contributed by atoms with E-state index in [1.807, 2.05) is 0 Å². The molecular weight excluding hydrogens is 398 g/mol. The maximum atomic E-state index is 13.2. The minimum absolute atomic E-state index is 0.0481. The minimum atomic E-state index is -0.858. The number of aliphatic carboxylic acids is 1. The van der Waals surface area contributed by atoms with Crippen LogP contribution in [0.5, 0.6) is 5.75 Å². The first-order valence-corrected chi connectivity index (χ1v) is 10.1. The lowest BCUT2D eigenvalue weighted by molar-refractivity contribution is -0.137. The Hall–Kier alpha value is -3.61. The first-order valence-electron chi connectivity index (χ1n) is 10.1. The van der Waals surface area contributed by atoms with Gasteiger partial charge in [0.1, 0.15) is 5.75 Å². The molecule has 3 rings (SSSR count). The fourth-order valence-corrected chi connectivity index (χ4v) is 3.73. The number of hydrogen-bond acceptors (Lipinski definition) is 5. The summed E-state index contributed by atoms with van der Waals surface area (Å²) in [7, 11) is 1.55. The Morgan fingerprint density at radius 3 is 2.29 bits per heavy atom. The Morgan fingerprint density at radius 1 is 1.00 bits per heavy atom. The third-order valence-electron chi connectivity index (χ3n) is 5.31. The van der Waals surface area contributed by atoms with E-state index < -0.39 is 29.5 Å². The fourth-order valence-electron chi connectivity index (χ4n) is 3.73. The molecule has 0 aromatic heterocycles. The van der Waals surface area contributed by atoms with Crippen molar-refractivity contribution in [2.24, 2.45) is 0 Å².